The summed E-state index contributed by atoms with van der Waals surface area (Å²) in [7, 11) is 1.65. The highest BCUT2D eigenvalue weighted by Gasteiger charge is 2.52. The first-order valence-corrected chi connectivity index (χ1v) is 14.9. The minimum Gasteiger partial charge on any atom is -0.497 e. The molecule has 0 unspecified atom stereocenters. The van der Waals surface area contributed by atoms with Gasteiger partial charge in [0.25, 0.3) is 11.8 Å². The monoisotopic (exact) mass is 549 g/mol. The zero-order valence-corrected chi connectivity index (χ0v) is 24.1. The van der Waals surface area contributed by atoms with Crippen LogP contribution in [0.5, 0.6) is 5.75 Å². The molecule has 1 N–H and O–H groups in total. The quantitative estimate of drug-likeness (QED) is 0.290. The summed E-state index contributed by atoms with van der Waals surface area (Å²) in [6.45, 7) is 2.70. The van der Waals surface area contributed by atoms with Gasteiger partial charge in [-0.2, -0.15) is 0 Å². The number of nitrogens with zero attached hydrogens (tertiary/aromatic N) is 2. The van der Waals surface area contributed by atoms with Crippen LogP contribution in [-0.2, 0) is 23.4 Å². The van der Waals surface area contributed by atoms with Gasteiger partial charge in [0.1, 0.15) is 11.4 Å². The van der Waals surface area contributed by atoms with Crippen LogP contribution in [0.15, 0.2) is 78.9 Å². The second kappa shape index (κ2) is 11.4. The number of aromatic nitrogens is 1. The molecule has 4 aromatic rings. The van der Waals surface area contributed by atoms with Gasteiger partial charge < -0.3 is 19.5 Å². The van der Waals surface area contributed by atoms with Crippen molar-refractivity contribution in [3.05, 3.63) is 101 Å². The predicted molar refractivity (Wildman–Crippen MR) is 162 cm³/mol. The van der Waals surface area contributed by atoms with Crippen molar-refractivity contribution in [1.29, 1.82) is 0 Å². The summed E-state index contributed by atoms with van der Waals surface area (Å²) >= 11 is 0. The van der Waals surface area contributed by atoms with Crippen molar-refractivity contribution in [1.82, 2.24) is 14.8 Å². The van der Waals surface area contributed by atoms with Gasteiger partial charge in [-0.1, -0.05) is 92.3 Å². The Balaban J connectivity index is 1.52. The first-order valence-electron chi connectivity index (χ1n) is 14.9. The van der Waals surface area contributed by atoms with Gasteiger partial charge in [-0.15, -0.1) is 0 Å². The maximum Gasteiger partial charge on any atom is 0.272 e. The van der Waals surface area contributed by atoms with E-state index in [1.54, 1.807) is 7.11 Å². The summed E-state index contributed by atoms with van der Waals surface area (Å²) in [5.74, 6) is 0.464. The third-order valence-corrected chi connectivity index (χ3v) is 8.95. The molecule has 1 aliphatic carbocycles. The Morgan fingerprint density at radius 1 is 0.927 bits per heavy atom. The highest BCUT2D eigenvalue weighted by molar-refractivity contribution is 6.04. The standard InChI is InChI=1S/C35H39N3O3/c1-25-15-17-26(18-16-25)23-38-33(39)32-21-27-19-20-30(41-2)22-31(27)37(32)24-35(38,28-11-7-6-8-12-28)34(40)36-29-13-9-4-3-5-10-14-29/h6-8,11-12,15-22,29H,3-5,9-10,13-14,23-24H2,1-2H3,(H,36,40)/t35-/m1/s1. The molecule has 41 heavy (non-hydrogen) atoms. The van der Waals surface area contributed by atoms with Gasteiger partial charge in [-0.25, -0.2) is 0 Å². The average molecular weight is 550 g/mol. The smallest absolute Gasteiger partial charge is 0.272 e. The topological polar surface area (TPSA) is 63.6 Å². The van der Waals surface area contributed by atoms with E-state index in [9.17, 15) is 9.59 Å². The molecular formula is C35H39N3O3. The third kappa shape index (κ3) is 5.12. The van der Waals surface area contributed by atoms with E-state index >= 15 is 0 Å². The highest BCUT2D eigenvalue weighted by atomic mass is 16.5. The SMILES string of the molecule is COc1ccc2cc3n(c2c1)C[C@](C(=O)NC1CCCCCCC1)(c1ccccc1)N(Cc1ccc(C)cc1)C3=O. The lowest BCUT2D eigenvalue weighted by Gasteiger charge is -2.47. The zero-order valence-electron chi connectivity index (χ0n) is 24.1. The number of methoxy groups -OCH3 is 1. The van der Waals surface area contributed by atoms with Crippen LogP contribution in [-0.4, -0.2) is 34.4 Å². The fraction of sp³-hybridized carbons (Fsp3) is 0.371. The van der Waals surface area contributed by atoms with Crippen LogP contribution in [0, 0.1) is 6.92 Å². The molecule has 0 bridgehead atoms. The Kier molecular flexibility index (Phi) is 7.57. The van der Waals surface area contributed by atoms with Crippen molar-refractivity contribution in [2.75, 3.05) is 7.11 Å². The number of rotatable bonds is 6. The van der Waals surface area contributed by atoms with E-state index in [2.05, 4.69) is 36.5 Å². The van der Waals surface area contributed by atoms with Crippen LogP contribution in [0.4, 0.5) is 0 Å². The van der Waals surface area contributed by atoms with E-state index in [0.29, 0.717) is 18.8 Å². The highest BCUT2D eigenvalue weighted by Crippen LogP contribution is 2.41. The maximum atomic E-state index is 14.8. The van der Waals surface area contributed by atoms with Crippen molar-refractivity contribution >= 4 is 22.7 Å². The number of hydrogen-bond acceptors (Lipinski definition) is 3. The van der Waals surface area contributed by atoms with Gasteiger partial charge in [0, 0.05) is 24.0 Å². The van der Waals surface area contributed by atoms with Gasteiger partial charge in [0.2, 0.25) is 0 Å². The summed E-state index contributed by atoms with van der Waals surface area (Å²) in [4.78, 5) is 31.2. The molecule has 2 amide bonds. The molecule has 1 aromatic heterocycles. The number of carbonyl (C=O) groups excluding carboxylic acids is 2. The molecule has 0 saturated heterocycles. The molecule has 3 aromatic carbocycles. The van der Waals surface area contributed by atoms with Crippen molar-refractivity contribution in [2.45, 2.75) is 76.5 Å². The van der Waals surface area contributed by atoms with E-state index in [-0.39, 0.29) is 17.9 Å². The number of carbonyl (C=O) groups is 2. The summed E-state index contributed by atoms with van der Waals surface area (Å²) < 4.78 is 7.56. The van der Waals surface area contributed by atoms with Crippen molar-refractivity contribution in [2.24, 2.45) is 0 Å². The molecule has 1 saturated carbocycles. The largest absolute Gasteiger partial charge is 0.497 e. The van der Waals surface area contributed by atoms with Crippen LogP contribution in [0.1, 0.15) is 72.1 Å². The van der Waals surface area contributed by atoms with Gasteiger partial charge in [0.15, 0.2) is 5.54 Å². The number of ether oxygens (including phenoxy) is 1. The van der Waals surface area contributed by atoms with E-state index in [1.165, 1.54) is 19.3 Å². The van der Waals surface area contributed by atoms with Gasteiger partial charge in [0.05, 0.1) is 19.2 Å². The minimum atomic E-state index is -1.23. The Hall–Kier alpha value is -4.06. The number of amides is 2. The Morgan fingerprint density at radius 2 is 1.63 bits per heavy atom. The van der Waals surface area contributed by atoms with Gasteiger partial charge >= 0.3 is 0 Å². The molecule has 212 valence electrons. The number of benzene rings is 3. The number of nitrogens with one attached hydrogen (secondary N) is 1. The molecule has 1 fully saturated rings. The molecule has 0 radical (unpaired) electrons. The Bertz CT molecular complexity index is 1530. The molecule has 0 spiro atoms. The number of fused-ring (bicyclic) bond motifs is 3. The normalized spacial score (nSPS) is 19.9. The van der Waals surface area contributed by atoms with Gasteiger partial charge in [-0.05, 0) is 49.1 Å². The lowest BCUT2D eigenvalue weighted by molar-refractivity contribution is -0.136. The third-order valence-electron chi connectivity index (χ3n) is 8.95. The zero-order chi connectivity index (χ0) is 28.4. The van der Waals surface area contributed by atoms with Crippen LogP contribution < -0.4 is 10.1 Å². The second-order valence-corrected chi connectivity index (χ2v) is 11.7. The van der Waals surface area contributed by atoms with Crippen molar-refractivity contribution in [3.63, 3.8) is 0 Å². The molecule has 2 aliphatic rings. The summed E-state index contributed by atoms with van der Waals surface area (Å²) in [6.07, 6.45) is 7.84. The molecular weight excluding hydrogens is 510 g/mol. The number of hydrogen-bond donors (Lipinski definition) is 1. The molecule has 6 nitrogen and oxygen atoms in total. The molecule has 1 aliphatic heterocycles. The Labute approximate surface area is 242 Å². The molecule has 1 atom stereocenters. The maximum absolute atomic E-state index is 14.8. The average Bonchev–Trinajstić information content (AvgIpc) is 3.35. The molecule has 2 heterocycles. The Morgan fingerprint density at radius 3 is 2.34 bits per heavy atom. The van der Waals surface area contributed by atoms with Crippen LogP contribution in [0.2, 0.25) is 0 Å². The lowest BCUT2D eigenvalue weighted by Crippen LogP contribution is -2.64. The van der Waals surface area contributed by atoms with Crippen LogP contribution in [0.25, 0.3) is 10.9 Å². The van der Waals surface area contributed by atoms with E-state index in [4.69, 9.17) is 4.74 Å². The number of aryl methyl sites for hydroxylation is 1. The summed E-state index contributed by atoms with van der Waals surface area (Å²) in [6, 6.07) is 26.0. The molecule has 6 rings (SSSR count). The minimum absolute atomic E-state index is 0.0996. The van der Waals surface area contributed by atoms with Crippen molar-refractivity contribution < 1.29 is 14.3 Å². The predicted octanol–water partition coefficient (Wildman–Crippen LogP) is 6.74. The summed E-state index contributed by atoms with van der Waals surface area (Å²) in [5.41, 5.74) is 3.22. The van der Waals surface area contributed by atoms with E-state index in [0.717, 1.165) is 59.0 Å². The van der Waals surface area contributed by atoms with E-state index < -0.39 is 5.54 Å². The van der Waals surface area contributed by atoms with Gasteiger partial charge in [-0.3, -0.25) is 9.59 Å². The van der Waals surface area contributed by atoms with Crippen LogP contribution >= 0.6 is 0 Å². The van der Waals surface area contributed by atoms with Crippen molar-refractivity contribution in [3.8, 4) is 5.75 Å². The van der Waals surface area contributed by atoms with E-state index in [1.807, 2.05) is 64.1 Å². The molecule has 6 heteroatoms. The first-order chi connectivity index (χ1) is 20.0. The fourth-order valence-electron chi connectivity index (χ4n) is 6.61. The lowest BCUT2D eigenvalue weighted by atomic mass is 9.83. The van der Waals surface area contributed by atoms with Crippen LogP contribution in [0.3, 0.4) is 0 Å². The first kappa shape index (κ1) is 27.1. The fourth-order valence-corrected chi connectivity index (χ4v) is 6.61. The summed E-state index contributed by atoms with van der Waals surface area (Å²) in [5, 5.41) is 4.42. The second-order valence-electron chi connectivity index (χ2n) is 11.7.